The molecule has 0 saturated heterocycles. The molecule has 0 aromatic rings. The average Bonchev–Trinajstić information content (AvgIpc) is 1.87. The van der Waals surface area contributed by atoms with Crippen molar-refractivity contribution in [2.24, 2.45) is 0 Å². The summed E-state index contributed by atoms with van der Waals surface area (Å²) in [4.78, 5) is 0. The smallest absolute Gasteiger partial charge is 0.111 e. The third-order valence-corrected chi connectivity index (χ3v) is 0.925. The van der Waals surface area contributed by atoms with Gasteiger partial charge in [-0.05, 0) is 13.3 Å². The fraction of sp³-hybridized carbons (Fsp3) is 0.750. The lowest BCUT2D eigenvalue weighted by molar-refractivity contribution is 0.0769. The van der Waals surface area contributed by atoms with Crippen LogP contribution in [0.2, 0.25) is 0 Å². The molecule has 0 radical (unpaired) electrons. The number of hydrogen-bond acceptors (Lipinski definition) is 2. The Balaban J connectivity index is 2.84. The number of rotatable bonds is 6. The van der Waals surface area contributed by atoms with E-state index in [1.165, 1.54) is 0 Å². The van der Waals surface area contributed by atoms with Crippen LogP contribution in [-0.2, 0) is 9.47 Å². The van der Waals surface area contributed by atoms with Crippen molar-refractivity contribution in [2.45, 2.75) is 20.3 Å². The third-order valence-electron chi connectivity index (χ3n) is 0.925. The van der Waals surface area contributed by atoms with Crippen LogP contribution in [0.4, 0.5) is 0 Å². The molecule has 0 rings (SSSR count). The molecule has 0 aliphatic carbocycles. The van der Waals surface area contributed by atoms with Crippen molar-refractivity contribution in [2.75, 3.05) is 19.8 Å². The minimum absolute atomic E-state index is 0.620. The maximum atomic E-state index is 5.17. The molecule has 0 aromatic carbocycles. The number of hydrogen-bond donors (Lipinski definition) is 0. The molecule has 60 valence electrons. The van der Waals surface area contributed by atoms with Gasteiger partial charge in [-0.3, -0.25) is 0 Å². The highest BCUT2D eigenvalue weighted by Gasteiger charge is 1.86. The van der Waals surface area contributed by atoms with Crippen LogP contribution in [0.3, 0.4) is 0 Å². The lowest BCUT2D eigenvalue weighted by atomic mass is 10.5. The molecule has 0 atom stereocenters. The van der Waals surface area contributed by atoms with Gasteiger partial charge in [-0.25, -0.2) is 0 Å². The van der Waals surface area contributed by atoms with E-state index in [0.717, 1.165) is 18.8 Å². The fourth-order valence-electron chi connectivity index (χ4n) is 0.521. The first-order chi connectivity index (χ1) is 4.77. The van der Waals surface area contributed by atoms with Gasteiger partial charge in [0.1, 0.15) is 6.61 Å². The lowest BCUT2D eigenvalue weighted by Gasteiger charge is -2.04. The highest BCUT2D eigenvalue weighted by molar-refractivity contribution is 4.72. The van der Waals surface area contributed by atoms with Gasteiger partial charge in [0.25, 0.3) is 0 Å². The molecule has 0 amide bonds. The van der Waals surface area contributed by atoms with Gasteiger partial charge >= 0.3 is 0 Å². The molecule has 0 spiro atoms. The van der Waals surface area contributed by atoms with Gasteiger partial charge in [0.05, 0.1) is 12.4 Å². The summed E-state index contributed by atoms with van der Waals surface area (Å²) in [6.07, 6.45) is 1.06. The van der Waals surface area contributed by atoms with Crippen molar-refractivity contribution < 1.29 is 9.47 Å². The lowest BCUT2D eigenvalue weighted by Crippen LogP contribution is -2.03. The third kappa shape index (κ3) is 7.50. The van der Waals surface area contributed by atoms with E-state index in [-0.39, 0.29) is 0 Å². The van der Waals surface area contributed by atoms with Gasteiger partial charge in [-0.15, -0.1) is 0 Å². The van der Waals surface area contributed by atoms with Crippen molar-refractivity contribution in [1.82, 2.24) is 0 Å². The molecule has 10 heavy (non-hydrogen) atoms. The van der Waals surface area contributed by atoms with Crippen LogP contribution >= 0.6 is 0 Å². The summed E-state index contributed by atoms with van der Waals surface area (Å²) in [5, 5.41) is 0. The summed E-state index contributed by atoms with van der Waals surface area (Å²) in [5.41, 5.74) is 0. The van der Waals surface area contributed by atoms with Crippen LogP contribution in [-0.4, -0.2) is 19.8 Å². The van der Waals surface area contributed by atoms with Crippen molar-refractivity contribution in [3.05, 3.63) is 12.3 Å². The van der Waals surface area contributed by atoms with Crippen LogP contribution in [0.15, 0.2) is 12.3 Å². The highest BCUT2D eigenvalue weighted by Crippen LogP contribution is 1.89. The molecule has 0 unspecified atom stereocenters. The predicted molar refractivity (Wildman–Crippen MR) is 41.9 cm³/mol. The Morgan fingerprint density at radius 3 is 2.50 bits per heavy atom. The minimum atomic E-state index is 0.620. The summed E-state index contributed by atoms with van der Waals surface area (Å²) in [7, 11) is 0. The zero-order chi connectivity index (χ0) is 7.82. The molecule has 2 heteroatoms. The van der Waals surface area contributed by atoms with Crippen LogP contribution < -0.4 is 0 Å². The SMILES string of the molecule is C=C(C)OCCOCCC. The molecule has 0 aromatic heterocycles. The minimum Gasteiger partial charge on any atom is -0.496 e. The quantitative estimate of drug-likeness (QED) is 0.419. The predicted octanol–water partition coefficient (Wildman–Crippen LogP) is 1.96. The van der Waals surface area contributed by atoms with E-state index >= 15 is 0 Å². The molecule has 0 N–H and O–H groups in total. The zero-order valence-corrected chi connectivity index (χ0v) is 6.85. The second-order valence-corrected chi connectivity index (χ2v) is 2.16. The fourth-order valence-corrected chi connectivity index (χ4v) is 0.521. The first-order valence-corrected chi connectivity index (χ1v) is 3.63. The van der Waals surface area contributed by atoms with E-state index in [9.17, 15) is 0 Å². The van der Waals surface area contributed by atoms with E-state index in [1.54, 1.807) is 0 Å². The summed E-state index contributed by atoms with van der Waals surface area (Å²) in [5.74, 6) is 0.750. The zero-order valence-electron chi connectivity index (χ0n) is 6.85. The maximum absolute atomic E-state index is 5.17. The summed E-state index contributed by atoms with van der Waals surface area (Å²) >= 11 is 0. The van der Waals surface area contributed by atoms with E-state index < -0.39 is 0 Å². The van der Waals surface area contributed by atoms with Gasteiger partial charge in [0.15, 0.2) is 0 Å². The Labute approximate surface area is 62.8 Å². The van der Waals surface area contributed by atoms with Crippen LogP contribution in [0, 0.1) is 0 Å². The van der Waals surface area contributed by atoms with Crippen molar-refractivity contribution in [3.8, 4) is 0 Å². The Kier molecular flexibility index (Phi) is 6.29. The largest absolute Gasteiger partial charge is 0.496 e. The molecule has 2 nitrogen and oxygen atoms in total. The van der Waals surface area contributed by atoms with Gasteiger partial charge in [-0.2, -0.15) is 0 Å². The molecule has 0 fully saturated rings. The molecule has 0 bridgehead atoms. The Hall–Kier alpha value is -0.500. The van der Waals surface area contributed by atoms with Gasteiger partial charge in [-0.1, -0.05) is 13.5 Å². The average molecular weight is 144 g/mol. The summed E-state index contributed by atoms with van der Waals surface area (Å²) in [6.45, 7) is 9.62. The molecular formula is C8H16O2. The summed E-state index contributed by atoms with van der Waals surface area (Å²) in [6, 6.07) is 0. The number of ether oxygens (including phenoxy) is 2. The Bertz CT molecular complexity index is 89.3. The molecule has 0 saturated carbocycles. The van der Waals surface area contributed by atoms with Crippen LogP contribution in [0.5, 0.6) is 0 Å². The van der Waals surface area contributed by atoms with Gasteiger partial charge in [0.2, 0.25) is 0 Å². The Morgan fingerprint density at radius 2 is 2.00 bits per heavy atom. The molecule has 0 heterocycles. The first kappa shape index (κ1) is 9.50. The van der Waals surface area contributed by atoms with Crippen molar-refractivity contribution in [1.29, 1.82) is 0 Å². The molecule has 0 aliphatic rings. The topological polar surface area (TPSA) is 18.5 Å². The monoisotopic (exact) mass is 144 g/mol. The van der Waals surface area contributed by atoms with E-state index in [1.807, 2.05) is 6.92 Å². The Morgan fingerprint density at radius 1 is 1.30 bits per heavy atom. The van der Waals surface area contributed by atoms with Gasteiger partial charge in [0, 0.05) is 6.61 Å². The maximum Gasteiger partial charge on any atom is 0.111 e. The second kappa shape index (κ2) is 6.62. The van der Waals surface area contributed by atoms with Crippen LogP contribution in [0.1, 0.15) is 20.3 Å². The summed E-state index contributed by atoms with van der Waals surface area (Å²) < 4.78 is 10.2. The molecule has 0 aliphatic heterocycles. The normalized spacial score (nSPS) is 9.40. The highest BCUT2D eigenvalue weighted by atomic mass is 16.5. The van der Waals surface area contributed by atoms with E-state index in [2.05, 4.69) is 13.5 Å². The second-order valence-electron chi connectivity index (χ2n) is 2.16. The number of allylic oxidation sites excluding steroid dienone is 1. The van der Waals surface area contributed by atoms with E-state index in [4.69, 9.17) is 9.47 Å². The standard InChI is InChI=1S/C8H16O2/c1-4-5-9-6-7-10-8(2)3/h2,4-7H2,1,3H3. The van der Waals surface area contributed by atoms with Crippen LogP contribution in [0.25, 0.3) is 0 Å². The van der Waals surface area contributed by atoms with Crippen molar-refractivity contribution >= 4 is 0 Å². The van der Waals surface area contributed by atoms with E-state index in [0.29, 0.717) is 13.2 Å². The van der Waals surface area contributed by atoms with Crippen molar-refractivity contribution in [3.63, 3.8) is 0 Å². The first-order valence-electron chi connectivity index (χ1n) is 3.63. The molecular weight excluding hydrogens is 128 g/mol. The van der Waals surface area contributed by atoms with Gasteiger partial charge < -0.3 is 9.47 Å².